The molecule has 1 aliphatic carbocycles. The quantitative estimate of drug-likeness (QED) is 0.188. The lowest BCUT2D eigenvalue weighted by Gasteiger charge is -2.40. The number of rotatable bonds is 4. The minimum absolute atomic E-state index is 0.391. The molecule has 0 saturated heterocycles. The highest BCUT2D eigenvalue weighted by Gasteiger charge is 2.50. The summed E-state index contributed by atoms with van der Waals surface area (Å²) in [6.45, 7) is 0. The van der Waals surface area contributed by atoms with Crippen LogP contribution in [-0.2, 0) is 5.41 Å². The molecule has 2 aromatic heterocycles. The van der Waals surface area contributed by atoms with E-state index in [-0.39, 0.29) is 0 Å². The first kappa shape index (κ1) is 28.5. The zero-order chi connectivity index (χ0) is 32.4. The summed E-state index contributed by atoms with van der Waals surface area (Å²) in [5.41, 5.74) is 12.9. The molecule has 2 aliphatic rings. The van der Waals surface area contributed by atoms with Crippen LogP contribution in [0.15, 0.2) is 180 Å². The van der Waals surface area contributed by atoms with E-state index in [1.165, 1.54) is 53.6 Å². The SMILES string of the molecule is c1ccc(-c2cc(-c3ccccc3)nc(-c3ccc(-c4cccc5c4Sc4ccccc4C54c5ccccc5-c5ccccc54)s3)n2)cc1. The molecule has 8 aromatic rings. The second-order valence-electron chi connectivity index (χ2n) is 12.5. The Morgan fingerprint density at radius 3 is 1.57 bits per heavy atom. The number of hydrogen-bond donors (Lipinski definition) is 0. The van der Waals surface area contributed by atoms with E-state index < -0.39 is 5.41 Å². The highest BCUT2D eigenvalue weighted by atomic mass is 32.2. The second kappa shape index (κ2) is 11.3. The van der Waals surface area contributed by atoms with E-state index in [1.807, 2.05) is 23.9 Å². The van der Waals surface area contributed by atoms with E-state index in [9.17, 15) is 0 Å². The maximum absolute atomic E-state index is 5.13. The number of thiophene rings is 1. The van der Waals surface area contributed by atoms with Gasteiger partial charge in [-0.1, -0.05) is 157 Å². The standard InChI is InChI=1S/C45H28N2S2/c1-3-14-29(15-4-1)38-28-39(30-16-5-2-6-17-30)47-44(46-38)42-27-26-40(48-42)33-20-13-24-37-43(33)49-41-25-12-11-23-36(41)45(37)34-21-9-7-18-31(34)32-19-8-10-22-35(32)45/h1-28H. The summed E-state index contributed by atoms with van der Waals surface area (Å²) in [6.07, 6.45) is 0. The Morgan fingerprint density at radius 2 is 0.918 bits per heavy atom. The van der Waals surface area contributed by atoms with Crippen molar-refractivity contribution in [1.82, 2.24) is 9.97 Å². The topological polar surface area (TPSA) is 25.8 Å². The summed E-state index contributed by atoms with van der Waals surface area (Å²) in [5, 5.41) is 0. The molecule has 4 heteroatoms. The van der Waals surface area contributed by atoms with Crippen molar-refractivity contribution in [3.8, 4) is 54.8 Å². The van der Waals surface area contributed by atoms with E-state index in [0.717, 1.165) is 33.2 Å². The van der Waals surface area contributed by atoms with Crippen molar-refractivity contribution in [2.45, 2.75) is 15.2 Å². The van der Waals surface area contributed by atoms with Crippen molar-refractivity contribution < 1.29 is 0 Å². The van der Waals surface area contributed by atoms with Gasteiger partial charge in [0.2, 0.25) is 0 Å². The number of benzene rings is 6. The van der Waals surface area contributed by atoms with Crippen LogP contribution in [0.3, 0.4) is 0 Å². The summed E-state index contributed by atoms with van der Waals surface area (Å²) < 4.78 is 0. The van der Waals surface area contributed by atoms with Crippen LogP contribution in [0.1, 0.15) is 22.3 Å². The zero-order valence-corrected chi connectivity index (χ0v) is 28.0. The van der Waals surface area contributed by atoms with Crippen LogP contribution < -0.4 is 0 Å². The molecule has 6 aromatic carbocycles. The van der Waals surface area contributed by atoms with Crippen LogP contribution >= 0.6 is 23.1 Å². The highest BCUT2D eigenvalue weighted by molar-refractivity contribution is 7.99. The van der Waals surface area contributed by atoms with Crippen molar-refractivity contribution in [1.29, 1.82) is 0 Å². The third kappa shape index (κ3) is 4.34. The third-order valence-electron chi connectivity index (χ3n) is 9.83. The molecule has 0 saturated carbocycles. The first-order chi connectivity index (χ1) is 24.3. The number of aromatic nitrogens is 2. The normalized spacial score (nSPS) is 13.4. The van der Waals surface area contributed by atoms with Crippen LogP contribution in [0.4, 0.5) is 0 Å². The van der Waals surface area contributed by atoms with Gasteiger partial charge in [0.1, 0.15) is 0 Å². The number of fused-ring (bicyclic) bond motifs is 9. The second-order valence-corrected chi connectivity index (χ2v) is 14.6. The van der Waals surface area contributed by atoms with Crippen LogP contribution in [0.2, 0.25) is 0 Å². The monoisotopic (exact) mass is 660 g/mol. The van der Waals surface area contributed by atoms with E-state index in [2.05, 4.69) is 158 Å². The van der Waals surface area contributed by atoms with Crippen LogP contribution in [-0.4, -0.2) is 9.97 Å². The van der Waals surface area contributed by atoms with Gasteiger partial charge in [0.25, 0.3) is 0 Å². The molecule has 0 bridgehead atoms. The van der Waals surface area contributed by atoms with Gasteiger partial charge < -0.3 is 0 Å². The summed E-state index contributed by atoms with van der Waals surface area (Å²) in [5.74, 6) is 0.745. The number of hydrogen-bond acceptors (Lipinski definition) is 4. The van der Waals surface area contributed by atoms with Gasteiger partial charge in [0.05, 0.1) is 21.7 Å². The first-order valence-electron chi connectivity index (χ1n) is 16.5. The molecule has 2 nitrogen and oxygen atoms in total. The molecule has 230 valence electrons. The largest absolute Gasteiger partial charge is 0.227 e. The van der Waals surface area contributed by atoms with Crippen LogP contribution in [0.5, 0.6) is 0 Å². The molecule has 0 radical (unpaired) electrons. The average molecular weight is 661 g/mol. The Morgan fingerprint density at radius 1 is 0.408 bits per heavy atom. The minimum atomic E-state index is -0.391. The van der Waals surface area contributed by atoms with Gasteiger partial charge in [0.15, 0.2) is 5.82 Å². The Balaban J connectivity index is 1.16. The van der Waals surface area contributed by atoms with E-state index in [1.54, 1.807) is 11.3 Å². The molecule has 10 rings (SSSR count). The van der Waals surface area contributed by atoms with Gasteiger partial charge in [-0.2, -0.15) is 0 Å². The van der Waals surface area contributed by atoms with Gasteiger partial charge in [-0.3, -0.25) is 0 Å². The van der Waals surface area contributed by atoms with E-state index in [4.69, 9.17) is 9.97 Å². The molecule has 0 amide bonds. The van der Waals surface area contributed by atoms with Crippen molar-refractivity contribution >= 4 is 23.1 Å². The summed E-state index contributed by atoms with van der Waals surface area (Å²) >= 11 is 3.66. The molecule has 3 heterocycles. The summed E-state index contributed by atoms with van der Waals surface area (Å²) in [6, 6.07) is 61.2. The smallest absolute Gasteiger partial charge is 0.170 e. The molecule has 0 unspecified atom stereocenters. The van der Waals surface area contributed by atoms with Crippen molar-refractivity contribution in [2.75, 3.05) is 0 Å². The predicted molar refractivity (Wildman–Crippen MR) is 203 cm³/mol. The van der Waals surface area contributed by atoms with Crippen molar-refractivity contribution in [3.05, 3.63) is 192 Å². The molecule has 49 heavy (non-hydrogen) atoms. The average Bonchev–Trinajstić information content (AvgIpc) is 3.78. The fourth-order valence-electron chi connectivity index (χ4n) is 7.75. The lowest BCUT2D eigenvalue weighted by atomic mass is 9.67. The van der Waals surface area contributed by atoms with E-state index in [0.29, 0.717) is 0 Å². The Labute approximate surface area is 293 Å². The van der Waals surface area contributed by atoms with E-state index >= 15 is 0 Å². The Bertz CT molecular complexity index is 2430. The molecule has 0 N–H and O–H groups in total. The lowest BCUT2D eigenvalue weighted by Crippen LogP contribution is -2.32. The molecule has 1 aliphatic heterocycles. The summed E-state index contributed by atoms with van der Waals surface area (Å²) in [4.78, 5) is 15.1. The van der Waals surface area contributed by atoms with Crippen LogP contribution in [0, 0.1) is 0 Å². The number of nitrogens with zero attached hydrogens (tertiary/aromatic N) is 2. The molecule has 1 spiro atoms. The molecular weight excluding hydrogens is 633 g/mol. The van der Waals surface area contributed by atoms with Crippen molar-refractivity contribution in [2.24, 2.45) is 0 Å². The predicted octanol–water partition coefficient (Wildman–Crippen LogP) is 12.0. The minimum Gasteiger partial charge on any atom is -0.227 e. The van der Waals surface area contributed by atoms with Crippen LogP contribution in [0.25, 0.3) is 54.8 Å². The molecular formula is C45H28N2S2. The molecule has 0 fully saturated rings. The fourth-order valence-corrected chi connectivity index (χ4v) is 10.1. The maximum atomic E-state index is 5.13. The third-order valence-corrected chi connectivity index (χ3v) is 12.2. The maximum Gasteiger partial charge on any atom is 0.170 e. The fraction of sp³-hybridized carbons (Fsp3) is 0.0222. The summed E-state index contributed by atoms with van der Waals surface area (Å²) in [7, 11) is 0. The van der Waals surface area contributed by atoms with Gasteiger partial charge in [-0.15, -0.1) is 11.3 Å². The van der Waals surface area contributed by atoms with Gasteiger partial charge in [-0.05, 0) is 57.6 Å². The van der Waals surface area contributed by atoms with Gasteiger partial charge >= 0.3 is 0 Å². The Kier molecular flexibility index (Phi) is 6.55. The highest BCUT2D eigenvalue weighted by Crippen LogP contribution is 2.63. The van der Waals surface area contributed by atoms with Gasteiger partial charge in [0, 0.05) is 31.4 Å². The zero-order valence-electron chi connectivity index (χ0n) is 26.4. The Hall–Kier alpha value is -5.55. The van der Waals surface area contributed by atoms with Crippen molar-refractivity contribution in [3.63, 3.8) is 0 Å². The lowest BCUT2D eigenvalue weighted by molar-refractivity contribution is 0.723. The molecule has 0 atom stereocenters. The first-order valence-corrected chi connectivity index (χ1v) is 18.1. The van der Waals surface area contributed by atoms with Gasteiger partial charge in [-0.25, -0.2) is 9.97 Å².